The van der Waals surface area contributed by atoms with Crippen LogP contribution in [0.15, 0.2) is 11.6 Å². The molecule has 0 saturated carbocycles. The van der Waals surface area contributed by atoms with Gasteiger partial charge in [-0.2, -0.15) is 0 Å². The molecule has 1 atom stereocenters. The van der Waals surface area contributed by atoms with Gasteiger partial charge in [-0.1, -0.05) is 12.8 Å². The van der Waals surface area contributed by atoms with Crippen molar-refractivity contribution in [1.82, 2.24) is 0 Å². The third-order valence-corrected chi connectivity index (χ3v) is 3.94. The predicted molar refractivity (Wildman–Crippen MR) is 88.0 cm³/mol. The van der Waals surface area contributed by atoms with Gasteiger partial charge < -0.3 is 14.2 Å². The van der Waals surface area contributed by atoms with E-state index in [1.165, 1.54) is 0 Å². The van der Waals surface area contributed by atoms with Crippen LogP contribution < -0.4 is 0 Å². The van der Waals surface area contributed by atoms with E-state index >= 15 is 0 Å². The van der Waals surface area contributed by atoms with Crippen molar-refractivity contribution in [2.45, 2.75) is 77.6 Å². The molecule has 0 heterocycles. The molecule has 0 aromatic heterocycles. The number of carbonyl (C=O) groups excluding carboxylic acids is 2. The highest BCUT2D eigenvalue weighted by molar-refractivity contribution is 5.98. The summed E-state index contributed by atoms with van der Waals surface area (Å²) >= 11 is 0. The van der Waals surface area contributed by atoms with Gasteiger partial charge in [0.05, 0.1) is 12.7 Å². The first-order valence-corrected chi connectivity index (χ1v) is 8.50. The Hall–Kier alpha value is -1.20. The third kappa shape index (κ3) is 7.75. The number of allylic oxidation sites excluding steroid dienone is 1. The average Bonchev–Trinajstić information content (AvgIpc) is 2.82. The predicted octanol–water partition coefficient (Wildman–Crippen LogP) is 3.56. The highest BCUT2D eigenvalue weighted by Gasteiger charge is 2.29. The second-order valence-corrected chi connectivity index (χ2v) is 6.30. The van der Waals surface area contributed by atoms with E-state index in [-0.39, 0.29) is 17.9 Å². The molecule has 23 heavy (non-hydrogen) atoms. The van der Waals surface area contributed by atoms with Crippen LogP contribution in [0, 0.1) is 0 Å². The second kappa shape index (κ2) is 9.83. The van der Waals surface area contributed by atoms with Gasteiger partial charge in [0.2, 0.25) is 0 Å². The fourth-order valence-corrected chi connectivity index (χ4v) is 2.57. The van der Waals surface area contributed by atoms with Gasteiger partial charge in [-0.15, -0.1) is 0 Å². The molecule has 0 fully saturated rings. The molecule has 0 radical (unpaired) electrons. The summed E-state index contributed by atoms with van der Waals surface area (Å²) in [6.45, 7) is 5.94. The van der Waals surface area contributed by atoms with Crippen molar-refractivity contribution in [3.63, 3.8) is 0 Å². The Kier molecular flexibility index (Phi) is 8.48. The van der Waals surface area contributed by atoms with Crippen molar-refractivity contribution < 1.29 is 23.8 Å². The Morgan fingerprint density at radius 3 is 2.61 bits per heavy atom. The minimum Gasteiger partial charge on any atom is -0.466 e. The maximum Gasteiger partial charge on any atom is 0.305 e. The number of methoxy groups -OCH3 is 1. The van der Waals surface area contributed by atoms with Crippen LogP contribution in [0.1, 0.15) is 65.7 Å². The minimum atomic E-state index is -0.677. The molecule has 1 aliphatic carbocycles. The van der Waals surface area contributed by atoms with Gasteiger partial charge >= 0.3 is 5.97 Å². The Morgan fingerprint density at radius 1 is 1.26 bits per heavy atom. The lowest BCUT2D eigenvalue weighted by molar-refractivity contribution is -0.212. The summed E-state index contributed by atoms with van der Waals surface area (Å²) < 4.78 is 15.9. The van der Waals surface area contributed by atoms with Gasteiger partial charge in [-0.3, -0.25) is 9.59 Å². The Bertz CT molecular complexity index is 425. The van der Waals surface area contributed by atoms with Crippen LogP contribution >= 0.6 is 0 Å². The quantitative estimate of drug-likeness (QED) is 0.330. The molecule has 0 amide bonds. The number of ether oxygens (including phenoxy) is 3. The fourth-order valence-electron chi connectivity index (χ4n) is 2.57. The van der Waals surface area contributed by atoms with E-state index in [4.69, 9.17) is 14.2 Å². The zero-order valence-electron chi connectivity index (χ0n) is 14.9. The molecular formula is C18H30O5. The van der Waals surface area contributed by atoms with Crippen LogP contribution in [0.25, 0.3) is 0 Å². The van der Waals surface area contributed by atoms with Crippen LogP contribution in [0.5, 0.6) is 0 Å². The molecule has 5 heteroatoms. The van der Waals surface area contributed by atoms with Gasteiger partial charge in [0.15, 0.2) is 11.6 Å². The first-order valence-electron chi connectivity index (χ1n) is 8.50. The summed E-state index contributed by atoms with van der Waals surface area (Å²) in [4.78, 5) is 23.2. The van der Waals surface area contributed by atoms with Crippen LogP contribution in [0.4, 0.5) is 0 Å². The summed E-state index contributed by atoms with van der Waals surface area (Å²) in [5.41, 5.74) is 0.868. The first-order chi connectivity index (χ1) is 10.9. The van der Waals surface area contributed by atoms with Gasteiger partial charge in [0, 0.05) is 20.0 Å². The number of Topliss-reactive ketones (excluding diaryl/α,β-unsaturated/α-hetero) is 1. The van der Waals surface area contributed by atoms with Gasteiger partial charge in [0.25, 0.3) is 0 Å². The average molecular weight is 326 g/mol. The zero-order chi connectivity index (χ0) is 17.3. The summed E-state index contributed by atoms with van der Waals surface area (Å²) in [7, 11) is 1.59. The minimum absolute atomic E-state index is 0.123. The molecule has 0 aliphatic heterocycles. The molecule has 1 aliphatic rings. The Morgan fingerprint density at radius 2 is 1.96 bits per heavy atom. The highest BCUT2D eigenvalue weighted by Crippen LogP contribution is 2.26. The van der Waals surface area contributed by atoms with E-state index in [0.29, 0.717) is 19.4 Å². The number of carbonyl (C=O) groups is 2. The summed E-state index contributed by atoms with van der Waals surface area (Å²) in [5, 5.41) is 0. The summed E-state index contributed by atoms with van der Waals surface area (Å²) in [5.74, 6) is -0.625. The number of hydrogen-bond acceptors (Lipinski definition) is 5. The molecule has 1 rings (SSSR count). The highest BCUT2D eigenvalue weighted by atomic mass is 16.7. The van der Waals surface area contributed by atoms with Crippen LogP contribution in [-0.2, 0) is 23.8 Å². The molecule has 0 spiro atoms. The van der Waals surface area contributed by atoms with Crippen molar-refractivity contribution in [3.8, 4) is 0 Å². The molecular weight excluding hydrogens is 296 g/mol. The van der Waals surface area contributed by atoms with Crippen LogP contribution in [0.2, 0.25) is 0 Å². The van der Waals surface area contributed by atoms with Crippen LogP contribution in [-0.4, -0.2) is 37.4 Å². The fraction of sp³-hybridized carbons (Fsp3) is 0.778. The van der Waals surface area contributed by atoms with E-state index in [1.807, 2.05) is 26.8 Å². The number of esters is 1. The SMILES string of the molecule is CCOC(=O)CCCCCCC1=CC(OC(C)(C)OC)CC1=O. The lowest BCUT2D eigenvalue weighted by Gasteiger charge is -2.26. The summed E-state index contributed by atoms with van der Waals surface area (Å²) in [6.07, 6.45) is 7.22. The normalized spacial score (nSPS) is 18.2. The molecule has 5 nitrogen and oxygen atoms in total. The standard InChI is InChI=1S/C18H30O5/c1-5-22-17(20)11-9-7-6-8-10-14-12-15(13-16(14)19)23-18(2,3)21-4/h12,15H,5-11,13H2,1-4H3. The van der Waals surface area contributed by atoms with Crippen molar-refractivity contribution in [2.24, 2.45) is 0 Å². The van der Waals surface area contributed by atoms with E-state index in [1.54, 1.807) is 7.11 Å². The molecule has 0 aromatic carbocycles. The third-order valence-electron chi connectivity index (χ3n) is 3.94. The number of ketones is 1. The number of unbranched alkanes of at least 4 members (excludes halogenated alkanes) is 3. The monoisotopic (exact) mass is 326 g/mol. The molecule has 0 bridgehead atoms. The molecule has 1 unspecified atom stereocenters. The largest absolute Gasteiger partial charge is 0.466 e. The topological polar surface area (TPSA) is 61.8 Å². The Labute approximate surface area is 139 Å². The zero-order valence-corrected chi connectivity index (χ0v) is 14.9. The van der Waals surface area contributed by atoms with Crippen molar-refractivity contribution in [2.75, 3.05) is 13.7 Å². The maximum atomic E-state index is 12.0. The van der Waals surface area contributed by atoms with Crippen molar-refractivity contribution in [3.05, 3.63) is 11.6 Å². The smallest absolute Gasteiger partial charge is 0.305 e. The van der Waals surface area contributed by atoms with E-state index in [0.717, 1.165) is 37.7 Å². The van der Waals surface area contributed by atoms with Gasteiger partial charge in [0.1, 0.15) is 0 Å². The van der Waals surface area contributed by atoms with Crippen LogP contribution in [0.3, 0.4) is 0 Å². The second-order valence-electron chi connectivity index (χ2n) is 6.30. The van der Waals surface area contributed by atoms with Gasteiger partial charge in [-0.05, 0) is 51.7 Å². The van der Waals surface area contributed by atoms with E-state index < -0.39 is 5.79 Å². The van der Waals surface area contributed by atoms with Gasteiger partial charge in [-0.25, -0.2) is 0 Å². The van der Waals surface area contributed by atoms with Crippen molar-refractivity contribution >= 4 is 11.8 Å². The van der Waals surface area contributed by atoms with E-state index in [9.17, 15) is 9.59 Å². The Balaban J connectivity index is 2.21. The molecule has 0 N–H and O–H groups in total. The molecule has 132 valence electrons. The maximum absolute atomic E-state index is 12.0. The molecule has 0 saturated heterocycles. The van der Waals surface area contributed by atoms with E-state index in [2.05, 4.69) is 0 Å². The lowest BCUT2D eigenvalue weighted by atomic mass is 10.0. The van der Waals surface area contributed by atoms with Crippen molar-refractivity contribution in [1.29, 1.82) is 0 Å². The number of rotatable bonds is 11. The lowest BCUT2D eigenvalue weighted by Crippen LogP contribution is -2.31. The summed E-state index contributed by atoms with van der Waals surface area (Å²) in [6, 6.07) is 0. The number of hydrogen-bond donors (Lipinski definition) is 0. The molecule has 0 aromatic rings. The first kappa shape index (κ1) is 19.8.